The molecule has 1 heterocycles. The molecule has 0 atom stereocenters. The fourth-order valence-corrected chi connectivity index (χ4v) is 4.64. The lowest BCUT2D eigenvalue weighted by atomic mass is 10.1. The molecule has 1 aromatic heterocycles. The Labute approximate surface area is 217 Å². The zero-order chi connectivity index (χ0) is 25.5. The number of thioether (sulfide) groups is 1. The van der Waals surface area contributed by atoms with Gasteiger partial charge in [-0.2, -0.15) is 0 Å². The lowest BCUT2D eigenvalue weighted by molar-refractivity contribution is -0.139. The Morgan fingerprint density at radius 3 is 2.61 bits per heavy atom. The number of nitrogens with zero attached hydrogens (tertiary/aromatic N) is 2. The molecule has 0 spiro atoms. The lowest BCUT2D eigenvalue weighted by Gasteiger charge is -2.14. The molecule has 184 valence electrons. The molecule has 1 amide bonds. The molecule has 0 bridgehead atoms. The highest BCUT2D eigenvalue weighted by Crippen LogP contribution is 2.21. The van der Waals surface area contributed by atoms with E-state index in [0.29, 0.717) is 45.3 Å². The molecule has 0 radical (unpaired) electrons. The number of anilines is 1. The van der Waals surface area contributed by atoms with E-state index in [2.05, 4.69) is 10.3 Å². The summed E-state index contributed by atoms with van der Waals surface area (Å²) in [6.45, 7) is 2.41. The number of carbonyl (C=O) groups excluding carboxylic acids is 2. The van der Waals surface area contributed by atoms with Crippen LogP contribution < -0.4 is 10.9 Å². The minimum atomic E-state index is -0.388. The third kappa shape index (κ3) is 6.33. The van der Waals surface area contributed by atoms with Crippen LogP contribution in [0.3, 0.4) is 0 Å². The number of esters is 1. The van der Waals surface area contributed by atoms with E-state index in [9.17, 15) is 14.4 Å². The Hall–Kier alpha value is -3.62. The highest BCUT2D eigenvalue weighted by atomic mass is 35.5. The van der Waals surface area contributed by atoms with Crippen LogP contribution in [0.4, 0.5) is 5.69 Å². The van der Waals surface area contributed by atoms with Crippen LogP contribution in [0.5, 0.6) is 0 Å². The van der Waals surface area contributed by atoms with Crippen molar-refractivity contribution in [2.24, 2.45) is 0 Å². The van der Waals surface area contributed by atoms with Crippen molar-refractivity contribution in [3.8, 4) is 0 Å². The third-order valence-electron chi connectivity index (χ3n) is 5.36. The van der Waals surface area contributed by atoms with Crippen LogP contribution in [-0.2, 0) is 22.5 Å². The number of aryl methyl sites for hydroxylation is 1. The standard InChI is InChI=1S/C27H24ClN3O4S/c1-2-35-24(32)17-36-27-30-23-15-19(25(33)29-21-10-6-9-20(28)16-21)11-12-22(23)26(34)31(27)14-13-18-7-4-3-5-8-18/h3-12,15-16H,2,13-14,17H2,1H3,(H,29,33). The van der Waals surface area contributed by atoms with Crippen molar-refractivity contribution in [3.63, 3.8) is 0 Å². The summed E-state index contributed by atoms with van der Waals surface area (Å²) in [7, 11) is 0. The van der Waals surface area contributed by atoms with Gasteiger partial charge in [0.15, 0.2) is 5.16 Å². The average Bonchev–Trinajstić information content (AvgIpc) is 2.87. The van der Waals surface area contributed by atoms with E-state index in [-0.39, 0.29) is 29.8 Å². The van der Waals surface area contributed by atoms with Crippen molar-refractivity contribution in [2.45, 2.75) is 25.0 Å². The van der Waals surface area contributed by atoms with Crippen molar-refractivity contribution < 1.29 is 14.3 Å². The monoisotopic (exact) mass is 521 g/mol. The summed E-state index contributed by atoms with van der Waals surface area (Å²) in [5.41, 5.74) is 2.13. The van der Waals surface area contributed by atoms with E-state index in [1.54, 1.807) is 54.0 Å². The highest BCUT2D eigenvalue weighted by molar-refractivity contribution is 7.99. The third-order valence-corrected chi connectivity index (χ3v) is 6.54. The van der Waals surface area contributed by atoms with E-state index < -0.39 is 0 Å². The van der Waals surface area contributed by atoms with Crippen LogP contribution in [0.1, 0.15) is 22.8 Å². The zero-order valence-electron chi connectivity index (χ0n) is 19.6. The summed E-state index contributed by atoms with van der Waals surface area (Å²) < 4.78 is 6.60. The van der Waals surface area contributed by atoms with Crippen molar-refractivity contribution in [1.82, 2.24) is 9.55 Å². The van der Waals surface area contributed by atoms with Gasteiger partial charge >= 0.3 is 5.97 Å². The topological polar surface area (TPSA) is 90.3 Å². The van der Waals surface area contributed by atoms with Gasteiger partial charge in [-0.05, 0) is 55.3 Å². The molecule has 0 saturated carbocycles. The smallest absolute Gasteiger partial charge is 0.316 e. The van der Waals surface area contributed by atoms with Crippen LogP contribution in [0.2, 0.25) is 5.02 Å². The molecule has 0 fully saturated rings. The fourth-order valence-electron chi connectivity index (χ4n) is 3.63. The van der Waals surface area contributed by atoms with Gasteiger partial charge in [0.1, 0.15) is 0 Å². The first-order chi connectivity index (χ1) is 17.4. The van der Waals surface area contributed by atoms with E-state index in [0.717, 1.165) is 17.3 Å². The second-order valence-electron chi connectivity index (χ2n) is 7.88. The minimum Gasteiger partial charge on any atom is -0.465 e. The number of rotatable bonds is 9. The molecule has 0 aliphatic heterocycles. The number of fused-ring (bicyclic) bond motifs is 1. The minimum absolute atomic E-state index is 0.0199. The number of benzene rings is 3. The van der Waals surface area contributed by atoms with Gasteiger partial charge in [0.25, 0.3) is 11.5 Å². The Kier molecular flexibility index (Phi) is 8.40. The van der Waals surface area contributed by atoms with E-state index >= 15 is 0 Å². The number of aromatic nitrogens is 2. The molecule has 0 aliphatic rings. The van der Waals surface area contributed by atoms with Gasteiger partial charge in [-0.15, -0.1) is 0 Å². The second kappa shape index (κ2) is 11.9. The molecule has 0 aliphatic carbocycles. The summed E-state index contributed by atoms with van der Waals surface area (Å²) in [4.78, 5) is 42.9. The van der Waals surface area contributed by atoms with Crippen LogP contribution in [0.15, 0.2) is 82.7 Å². The van der Waals surface area contributed by atoms with Gasteiger partial charge in [-0.3, -0.25) is 19.0 Å². The maximum absolute atomic E-state index is 13.4. The van der Waals surface area contributed by atoms with E-state index in [4.69, 9.17) is 16.3 Å². The average molecular weight is 522 g/mol. The quantitative estimate of drug-likeness (QED) is 0.185. The summed E-state index contributed by atoms with van der Waals surface area (Å²) in [5, 5.41) is 4.09. The molecule has 7 nitrogen and oxygen atoms in total. The van der Waals surface area contributed by atoms with Gasteiger partial charge in [0, 0.05) is 22.8 Å². The summed E-state index contributed by atoms with van der Waals surface area (Å²) in [6, 6.07) is 21.4. The second-order valence-corrected chi connectivity index (χ2v) is 9.26. The molecule has 1 N–H and O–H groups in total. The van der Waals surface area contributed by atoms with E-state index in [1.165, 1.54) is 0 Å². The Morgan fingerprint density at radius 1 is 1.06 bits per heavy atom. The largest absolute Gasteiger partial charge is 0.465 e. The molecule has 9 heteroatoms. The normalized spacial score (nSPS) is 10.8. The SMILES string of the molecule is CCOC(=O)CSc1nc2cc(C(=O)Nc3cccc(Cl)c3)ccc2c(=O)n1CCc1ccccc1. The first-order valence-corrected chi connectivity index (χ1v) is 12.7. The first-order valence-electron chi connectivity index (χ1n) is 11.4. The van der Waals surface area contributed by atoms with Crippen LogP contribution in [-0.4, -0.2) is 33.8 Å². The van der Waals surface area contributed by atoms with Gasteiger partial charge < -0.3 is 10.1 Å². The van der Waals surface area contributed by atoms with Crippen LogP contribution in [0, 0.1) is 0 Å². The predicted molar refractivity (Wildman–Crippen MR) is 143 cm³/mol. The maximum atomic E-state index is 13.4. The number of hydrogen-bond donors (Lipinski definition) is 1. The van der Waals surface area contributed by atoms with Gasteiger partial charge in [0.2, 0.25) is 0 Å². The molecule has 3 aromatic carbocycles. The van der Waals surface area contributed by atoms with Crippen molar-refractivity contribution in [1.29, 1.82) is 0 Å². The summed E-state index contributed by atoms with van der Waals surface area (Å²) in [6.07, 6.45) is 0.626. The van der Waals surface area contributed by atoms with Crippen LogP contribution >= 0.6 is 23.4 Å². The number of halogens is 1. The number of ether oxygens (including phenoxy) is 1. The molecule has 0 saturated heterocycles. The lowest BCUT2D eigenvalue weighted by Crippen LogP contribution is -2.25. The molecule has 4 rings (SSSR count). The van der Waals surface area contributed by atoms with E-state index in [1.807, 2.05) is 30.3 Å². The summed E-state index contributed by atoms with van der Waals surface area (Å²) in [5.74, 6) is -0.720. The molecular formula is C27H24ClN3O4S. The Bertz CT molecular complexity index is 1460. The molecular weight excluding hydrogens is 498 g/mol. The van der Waals surface area contributed by atoms with Crippen molar-refractivity contribution >= 4 is 51.8 Å². The molecule has 0 unspecified atom stereocenters. The summed E-state index contributed by atoms with van der Waals surface area (Å²) >= 11 is 7.14. The molecule has 4 aromatic rings. The number of carbonyl (C=O) groups is 2. The predicted octanol–water partition coefficient (Wildman–Crippen LogP) is 5.20. The highest BCUT2D eigenvalue weighted by Gasteiger charge is 2.16. The van der Waals surface area contributed by atoms with Gasteiger partial charge in [-0.1, -0.05) is 59.8 Å². The van der Waals surface area contributed by atoms with Crippen LogP contribution in [0.25, 0.3) is 10.9 Å². The fraction of sp³-hybridized carbons (Fsp3) is 0.185. The number of nitrogens with one attached hydrogen (secondary N) is 1. The molecule has 36 heavy (non-hydrogen) atoms. The Morgan fingerprint density at radius 2 is 1.86 bits per heavy atom. The van der Waals surface area contributed by atoms with Crippen molar-refractivity contribution in [2.75, 3.05) is 17.7 Å². The number of amides is 1. The Balaban J connectivity index is 1.66. The van der Waals surface area contributed by atoms with Gasteiger partial charge in [0.05, 0.1) is 23.3 Å². The zero-order valence-corrected chi connectivity index (χ0v) is 21.1. The maximum Gasteiger partial charge on any atom is 0.316 e. The first kappa shape index (κ1) is 25.5. The van der Waals surface area contributed by atoms with Crippen molar-refractivity contribution in [3.05, 3.63) is 99.3 Å². The number of hydrogen-bond acceptors (Lipinski definition) is 6. The van der Waals surface area contributed by atoms with Gasteiger partial charge in [-0.25, -0.2) is 4.98 Å².